The molecule has 1 unspecified atom stereocenters. The van der Waals surface area contributed by atoms with Crippen LogP contribution in [0.4, 0.5) is 4.39 Å². The summed E-state index contributed by atoms with van der Waals surface area (Å²) in [6.07, 6.45) is 4.29. The van der Waals surface area contributed by atoms with Gasteiger partial charge in [-0.1, -0.05) is 12.1 Å². The fourth-order valence-corrected chi connectivity index (χ4v) is 2.32. The quantitative estimate of drug-likeness (QED) is 0.789. The van der Waals surface area contributed by atoms with Crippen molar-refractivity contribution in [2.75, 3.05) is 7.05 Å². The Balaban J connectivity index is 1.93. The summed E-state index contributed by atoms with van der Waals surface area (Å²) in [5.41, 5.74) is 1.47. The van der Waals surface area contributed by atoms with Gasteiger partial charge in [0.05, 0.1) is 6.04 Å². The van der Waals surface area contributed by atoms with Gasteiger partial charge < -0.3 is 9.73 Å². The van der Waals surface area contributed by atoms with Gasteiger partial charge in [0.2, 0.25) is 0 Å². The second kappa shape index (κ2) is 5.43. The number of nitrogens with one attached hydrogen (secondary N) is 1. The van der Waals surface area contributed by atoms with E-state index in [1.807, 2.05) is 31.3 Å². The molecule has 1 N–H and O–H groups in total. The first-order valence-corrected chi connectivity index (χ1v) is 6.52. The summed E-state index contributed by atoms with van der Waals surface area (Å²) in [5.74, 6) is 0.414. The molecule has 0 spiro atoms. The van der Waals surface area contributed by atoms with Crippen molar-refractivity contribution in [3.05, 3.63) is 65.9 Å². The van der Waals surface area contributed by atoms with E-state index < -0.39 is 0 Å². The molecule has 0 fully saturated rings. The Morgan fingerprint density at radius 3 is 2.75 bits per heavy atom. The fourth-order valence-electron chi connectivity index (χ4n) is 2.32. The van der Waals surface area contributed by atoms with Crippen LogP contribution >= 0.6 is 0 Å². The number of pyridine rings is 1. The van der Waals surface area contributed by atoms with Crippen molar-refractivity contribution < 1.29 is 8.81 Å². The van der Waals surface area contributed by atoms with Crippen molar-refractivity contribution in [3.8, 4) is 0 Å². The molecule has 20 heavy (non-hydrogen) atoms. The van der Waals surface area contributed by atoms with Crippen LogP contribution in [0.1, 0.15) is 17.4 Å². The normalized spacial score (nSPS) is 12.7. The summed E-state index contributed by atoms with van der Waals surface area (Å²) in [6.45, 7) is 0. The molecule has 0 aliphatic carbocycles. The maximum Gasteiger partial charge on any atom is 0.169 e. The number of nitrogens with zero attached hydrogens (tertiary/aromatic N) is 1. The largest absolute Gasteiger partial charge is 0.456 e. The molecule has 1 aromatic carbocycles. The number of likely N-dealkylation sites (N-methyl/N-ethyl adjacent to an activating group) is 1. The fraction of sp³-hybridized carbons (Fsp3) is 0.188. The molecule has 4 heteroatoms. The highest BCUT2D eigenvalue weighted by Crippen LogP contribution is 2.27. The first-order valence-electron chi connectivity index (χ1n) is 6.52. The lowest BCUT2D eigenvalue weighted by atomic mass is 10.1. The molecule has 3 nitrogen and oxygen atoms in total. The Morgan fingerprint density at radius 1 is 1.25 bits per heavy atom. The minimum Gasteiger partial charge on any atom is -0.456 e. The molecule has 0 radical (unpaired) electrons. The molecule has 3 rings (SSSR count). The molecule has 0 saturated heterocycles. The van der Waals surface area contributed by atoms with Crippen molar-refractivity contribution in [3.63, 3.8) is 0 Å². The number of aromatic nitrogens is 1. The van der Waals surface area contributed by atoms with Crippen molar-refractivity contribution in [2.45, 2.75) is 12.5 Å². The topological polar surface area (TPSA) is 38.1 Å². The highest BCUT2D eigenvalue weighted by Gasteiger charge is 2.16. The third-order valence-corrected chi connectivity index (χ3v) is 3.40. The molecule has 0 saturated carbocycles. The van der Waals surface area contributed by atoms with Crippen LogP contribution < -0.4 is 5.32 Å². The van der Waals surface area contributed by atoms with Crippen LogP contribution in [0.15, 0.2) is 53.2 Å². The number of para-hydroxylation sites is 1. The van der Waals surface area contributed by atoms with Crippen LogP contribution in [0.25, 0.3) is 11.0 Å². The smallest absolute Gasteiger partial charge is 0.169 e. The summed E-state index contributed by atoms with van der Waals surface area (Å²) < 4.78 is 19.3. The first kappa shape index (κ1) is 12.8. The lowest BCUT2D eigenvalue weighted by molar-refractivity contribution is 0.442. The van der Waals surface area contributed by atoms with Gasteiger partial charge in [0, 0.05) is 17.8 Å². The minimum atomic E-state index is -0.326. The van der Waals surface area contributed by atoms with Gasteiger partial charge >= 0.3 is 0 Å². The number of halogens is 1. The molecule has 0 aliphatic rings. The number of rotatable bonds is 4. The van der Waals surface area contributed by atoms with Gasteiger partial charge in [-0.3, -0.25) is 4.98 Å². The zero-order valence-electron chi connectivity index (χ0n) is 11.1. The molecule has 0 amide bonds. The Hall–Kier alpha value is -2.20. The summed E-state index contributed by atoms with van der Waals surface area (Å²) in [6, 6.07) is 10.8. The Morgan fingerprint density at radius 2 is 2.05 bits per heavy atom. The zero-order chi connectivity index (χ0) is 13.9. The van der Waals surface area contributed by atoms with Gasteiger partial charge in [-0.25, -0.2) is 4.39 Å². The highest BCUT2D eigenvalue weighted by atomic mass is 19.1. The van der Waals surface area contributed by atoms with E-state index in [0.29, 0.717) is 5.58 Å². The van der Waals surface area contributed by atoms with Gasteiger partial charge in [0.1, 0.15) is 5.76 Å². The van der Waals surface area contributed by atoms with E-state index in [1.165, 1.54) is 6.07 Å². The van der Waals surface area contributed by atoms with E-state index in [4.69, 9.17) is 4.42 Å². The lowest BCUT2D eigenvalue weighted by Gasteiger charge is -2.13. The summed E-state index contributed by atoms with van der Waals surface area (Å²) >= 11 is 0. The minimum absolute atomic E-state index is 0.00389. The number of hydrogen-bond donors (Lipinski definition) is 1. The van der Waals surface area contributed by atoms with Gasteiger partial charge in [0.15, 0.2) is 11.4 Å². The van der Waals surface area contributed by atoms with Crippen LogP contribution in [0, 0.1) is 5.82 Å². The molecule has 1 atom stereocenters. The SMILES string of the molecule is CNC(Cc1ccncc1)c1cc2cccc(F)c2o1. The number of fused-ring (bicyclic) bond motifs is 1. The van der Waals surface area contributed by atoms with Gasteiger partial charge in [-0.2, -0.15) is 0 Å². The van der Waals surface area contributed by atoms with Crippen molar-refractivity contribution in [1.82, 2.24) is 10.3 Å². The third kappa shape index (κ3) is 2.42. The summed E-state index contributed by atoms with van der Waals surface area (Å²) in [4.78, 5) is 4.00. The molecular formula is C16H15FN2O. The molecule has 102 valence electrons. The molecule has 3 aromatic rings. The monoisotopic (exact) mass is 270 g/mol. The molecule has 0 bridgehead atoms. The Kier molecular flexibility index (Phi) is 3.48. The summed E-state index contributed by atoms with van der Waals surface area (Å²) in [5, 5.41) is 4.00. The standard InChI is InChI=1S/C16H15FN2O/c1-18-14(9-11-5-7-19-8-6-11)15-10-12-3-2-4-13(17)16(12)20-15/h2-8,10,14,18H,9H2,1H3. The van der Waals surface area contributed by atoms with E-state index in [0.717, 1.165) is 23.1 Å². The van der Waals surface area contributed by atoms with Gasteiger partial charge in [-0.05, 0) is 43.3 Å². The molecule has 2 aromatic heterocycles. The molecule has 2 heterocycles. The maximum absolute atomic E-state index is 13.7. The van der Waals surface area contributed by atoms with Gasteiger partial charge in [-0.15, -0.1) is 0 Å². The van der Waals surface area contributed by atoms with E-state index >= 15 is 0 Å². The predicted octanol–water partition coefficient (Wildman–Crippen LogP) is 3.47. The van der Waals surface area contributed by atoms with Crippen molar-refractivity contribution in [2.24, 2.45) is 0 Å². The first-order chi connectivity index (χ1) is 9.78. The zero-order valence-corrected chi connectivity index (χ0v) is 11.1. The number of hydrogen-bond acceptors (Lipinski definition) is 3. The van der Waals surface area contributed by atoms with Crippen LogP contribution in [0.3, 0.4) is 0 Å². The van der Waals surface area contributed by atoms with Crippen LogP contribution in [0.2, 0.25) is 0 Å². The third-order valence-electron chi connectivity index (χ3n) is 3.40. The lowest BCUT2D eigenvalue weighted by Crippen LogP contribution is -2.18. The second-order valence-electron chi connectivity index (χ2n) is 4.71. The Bertz CT molecular complexity index is 709. The average Bonchev–Trinajstić information content (AvgIpc) is 2.91. The van der Waals surface area contributed by atoms with Crippen molar-refractivity contribution >= 4 is 11.0 Å². The van der Waals surface area contributed by atoms with Gasteiger partial charge in [0.25, 0.3) is 0 Å². The van der Waals surface area contributed by atoms with E-state index in [-0.39, 0.29) is 11.9 Å². The maximum atomic E-state index is 13.7. The second-order valence-corrected chi connectivity index (χ2v) is 4.71. The van der Waals surface area contributed by atoms with Crippen molar-refractivity contribution in [1.29, 1.82) is 0 Å². The molecule has 0 aliphatic heterocycles. The Labute approximate surface area is 116 Å². The van der Waals surface area contributed by atoms with Crippen LogP contribution in [-0.2, 0) is 6.42 Å². The van der Waals surface area contributed by atoms with E-state index in [9.17, 15) is 4.39 Å². The van der Waals surface area contributed by atoms with E-state index in [1.54, 1.807) is 18.5 Å². The van der Waals surface area contributed by atoms with Crippen LogP contribution in [0.5, 0.6) is 0 Å². The molecular weight excluding hydrogens is 255 g/mol. The number of benzene rings is 1. The van der Waals surface area contributed by atoms with Crippen LogP contribution in [-0.4, -0.2) is 12.0 Å². The summed E-state index contributed by atoms with van der Waals surface area (Å²) in [7, 11) is 1.87. The predicted molar refractivity (Wildman–Crippen MR) is 75.9 cm³/mol. The highest BCUT2D eigenvalue weighted by molar-refractivity contribution is 5.78. The number of furan rings is 1. The van der Waals surface area contributed by atoms with E-state index in [2.05, 4.69) is 10.3 Å². The average molecular weight is 270 g/mol.